The highest BCUT2D eigenvalue weighted by atomic mass is 16.1. The Labute approximate surface area is 287 Å². The molecule has 2 aliphatic rings. The maximum atomic E-state index is 12.8. The molecule has 2 aromatic heterocycles. The lowest BCUT2D eigenvalue weighted by molar-refractivity contribution is 0.0951. The molecule has 0 bridgehead atoms. The molecule has 0 radical (unpaired) electrons. The van der Waals surface area contributed by atoms with Gasteiger partial charge in [0.05, 0.1) is 23.1 Å². The van der Waals surface area contributed by atoms with Crippen LogP contribution in [0.4, 0.5) is 5.82 Å². The second kappa shape index (κ2) is 13.0. The summed E-state index contributed by atoms with van der Waals surface area (Å²) in [4.78, 5) is 30.9. The Balaban J connectivity index is 1.09. The van der Waals surface area contributed by atoms with Gasteiger partial charge in [-0.15, -0.1) is 0 Å². The van der Waals surface area contributed by atoms with Crippen molar-refractivity contribution in [3.8, 4) is 0 Å². The zero-order valence-electron chi connectivity index (χ0n) is 28.5. The standard InChI is InChI=1S/C42H42N6O/c1-4-48(26-40-44-38-20-16-31(25-39(38)45-40)42(49)43-21-22-47(2)3)41-36(24-30-10-6-8-12-37(30)46-41)29-14-17-33-28(23-29)15-19-34-32-11-7-5-9-27(32)13-18-35(33)34/h5-14,16-18,20,24-25,29H,4,15,19,21-23,26H2,1-3H3,(H,43,49)(H,44,45). The number of amides is 1. The summed E-state index contributed by atoms with van der Waals surface area (Å²) in [6.07, 6.45) is 7.93. The molecule has 6 aromatic rings. The number of likely N-dealkylation sites (N-methyl/N-ethyl adjacent to an activating group) is 1. The fraction of sp³-hybridized carbons (Fsp3) is 0.262. The summed E-state index contributed by atoms with van der Waals surface area (Å²) < 4.78 is 0. The second-order valence-electron chi connectivity index (χ2n) is 13.6. The minimum absolute atomic E-state index is 0.0814. The Morgan fingerprint density at radius 3 is 2.61 bits per heavy atom. The summed E-state index contributed by atoms with van der Waals surface area (Å²) >= 11 is 0. The SMILES string of the molecule is CCN(Cc1nc2cc(C(=O)NCCN(C)C)ccc2[nH]1)c1nc2ccccc2cc1C1C=CC2=C(CCc3c2ccc2ccccc32)C1. The molecule has 7 heteroatoms. The molecule has 0 fully saturated rings. The minimum Gasteiger partial charge on any atom is -0.351 e. The highest BCUT2D eigenvalue weighted by Gasteiger charge is 2.28. The topological polar surface area (TPSA) is 77.2 Å². The average Bonchev–Trinajstić information content (AvgIpc) is 3.54. The number of hydrogen-bond acceptors (Lipinski definition) is 5. The van der Waals surface area contributed by atoms with Crippen LogP contribution in [0.1, 0.15) is 58.6 Å². The highest BCUT2D eigenvalue weighted by molar-refractivity contribution is 5.97. The monoisotopic (exact) mass is 646 g/mol. The van der Waals surface area contributed by atoms with Gasteiger partial charge < -0.3 is 20.1 Å². The van der Waals surface area contributed by atoms with Crippen LogP contribution >= 0.6 is 0 Å². The van der Waals surface area contributed by atoms with Gasteiger partial charge in [0.15, 0.2) is 0 Å². The van der Waals surface area contributed by atoms with Crippen LogP contribution in [0, 0.1) is 0 Å². The molecule has 1 amide bonds. The molecule has 0 aliphatic heterocycles. The van der Waals surface area contributed by atoms with Gasteiger partial charge in [0, 0.05) is 42.1 Å². The van der Waals surface area contributed by atoms with E-state index in [1.807, 2.05) is 37.2 Å². The number of aromatic amines is 1. The number of anilines is 1. The molecule has 8 rings (SSSR count). The Bertz CT molecular complexity index is 2280. The van der Waals surface area contributed by atoms with Crippen molar-refractivity contribution >= 4 is 50.0 Å². The first-order chi connectivity index (χ1) is 23.9. The van der Waals surface area contributed by atoms with Crippen LogP contribution in [0.3, 0.4) is 0 Å². The molecule has 1 unspecified atom stereocenters. The number of imidazole rings is 1. The van der Waals surface area contributed by atoms with E-state index in [1.165, 1.54) is 38.6 Å². The fourth-order valence-electron chi connectivity index (χ4n) is 7.57. The van der Waals surface area contributed by atoms with E-state index in [4.69, 9.17) is 9.97 Å². The molecule has 4 aromatic carbocycles. The number of fused-ring (bicyclic) bond motifs is 6. The number of aromatic nitrogens is 3. The predicted molar refractivity (Wildman–Crippen MR) is 201 cm³/mol. The number of benzene rings is 4. The van der Waals surface area contributed by atoms with E-state index < -0.39 is 0 Å². The van der Waals surface area contributed by atoms with Gasteiger partial charge in [-0.1, -0.05) is 72.3 Å². The maximum Gasteiger partial charge on any atom is 0.251 e. The lowest BCUT2D eigenvalue weighted by atomic mass is 9.75. The van der Waals surface area contributed by atoms with Gasteiger partial charge in [-0.25, -0.2) is 9.97 Å². The van der Waals surface area contributed by atoms with Gasteiger partial charge in [0.1, 0.15) is 11.6 Å². The number of hydrogen-bond donors (Lipinski definition) is 2. The lowest BCUT2D eigenvalue weighted by Crippen LogP contribution is -2.31. The van der Waals surface area contributed by atoms with Gasteiger partial charge in [-0.05, 0) is 98.1 Å². The quantitative estimate of drug-likeness (QED) is 0.166. The normalized spacial score (nSPS) is 15.6. The van der Waals surface area contributed by atoms with Crippen molar-refractivity contribution in [2.24, 2.45) is 0 Å². The number of para-hydroxylation sites is 1. The van der Waals surface area contributed by atoms with Crippen molar-refractivity contribution < 1.29 is 4.79 Å². The van der Waals surface area contributed by atoms with Crippen molar-refractivity contribution in [3.63, 3.8) is 0 Å². The molecular weight excluding hydrogens is 605 g/mol. The van der Waals surface area contributed by atoms with Crippen LogP contribution in [0.15, 0.2) is 103 Å². The van der Waals surface area contributed by atoms with Gasteiger partial charge in [-0.2, -0.15) is 0 Å². The molecule has 2 heterocycles. The smallest absolute Gasteiger partial charge is 0.251 e. The van der Waals surface area contributed by atoms with E-state index in [0.29, 0.717) is 18.7 Å². The maximum absolute atomic E-state index is 12.8. The third-order valence-electron chi connectivity index (χ3n) is 10.1. The predicted octanol–water partition coefficient (Wildman–Crippen LogP) is 8.03. The van der Waals surface area contributed by atoms with Gasteiger partial charge in [-0.3, -0.25) is 4.79 Å². The average molecular weight is 647 g/mol. The number of pyridine rings is 1. The molecule has 246 valence electrons. The first-order valence-corrected chi connectivity index (χ1v) is 17.4. The van der Waals surface area contributed by atoms with E-state index in [-0.39, 0.29) is 11.8 Å². The van der Waals surface area contributed by atoms with Crippen LogP contribution in [0.25, 0.3) is 38.3 Å². The number of nitrogens with zero attached hydrogens (tertiary/aromatic N) is 4. The van der Waals surface area contributed by atoms with Crippen molar-refractivity contribution in [1.29, 1.82) is 0 Å². The fourth-order valence-corrected chi connectivity index (χ4v) is 7.57. The summed E-state index contributed by atoms with van der Waals surface area (Å²) in [5, 5.41) is 6.86. The van der Waals surface area contributed by atoms with Crippen LogP contribution < -0.4 is 10.2 Å². The Morgan fingerprint density at radius 2 is 1.76 bits per heavy atom. The molecule has 2 N–H and O–H groups in total. The highest BCUT2D eigenvalue weighted by Crippen LogP contribution is 2.45. The van der Waals surface area contributed by atoms with E-state index in [2.05, 4.69) is 101 Å². The molecule has 2 aliphatic carbocycles. The number of allylic oxidation sites excluding steroid dienone is 4. The first-order valence-electron chi connectivity index (χ1n) is 17.4. The molecular formula is C42H42N6O. The van der Waals surface area contributed by atoms with Crippen LogP contribution in [-0.4, -0.2) is 59.5 Å². The second-order valence-corrected chi connectivity index (χ2v) is 13.6. The number of rotatable bonds is 9. The van der Waals surface area contributed by atoms with Gasteiger partial charge in [0.25, 0.3) is 5.91 Å². The Kier molecular flexibility index (Phi) is 8.22. The van der Waals surface area contributed by atoms with Crippen molar-refractivity contribution in [2.75, 3.05) is 38.6 Å². The van der Waals surface area contributed by atoms with E-state index >= 15 is 0 Å². The number of carbonyl (C=O) groups is 1. The number of aryl methyl sites for hydroxylation is 1. The van der Waals surface area contributed by atoms with Gasteiger partial charge in [0.2, 0.25) is 0 Å². The van der Waals surface area contributed by atoms with Crippen molar-refractivity contribution in [3.05, 3.63) is 131 Å². The molecule has 49 heavy (non-hydrogen) atoms. The summed E-state index contributed by atoms with van der Waals surface area (Å²) in [5.74, 6) is 2.00. The number of H-pyrrole nitrogens is 1. The van der Waals surface area contributed by atoms with E-state index in [1.54, 1.807) is 0 Å². The molecule has 1 atom stereocenters. The van der Waals surface area contributed by atoms with Crippen LogP contribution in [0.2, 0.25) is 0 Å². The summed E-state index contributed by atoms with van der Waals surface area (Å²) in [7, 11) is 3.99. The largest absolute Gasteiger partial charge is 0.351 e. The van der Waals surface area contributed by atoms with Crippen LogP contribution in [-0.2, 0) is 13.0 Å². The summed E-state index contributed by atoms with van der Waals surface area (Å²) in [6, 6.07) is 29.8. The molecule has 7 nitrogen and oxygen atoms in total. The van der Waals surface area contributed by atoms with Gasteiger partial charge >= 0.3 is 0 Å². The van der Waals surface area contributed by atoms with E-state index in [0.717, 1.165) is 65.9 Å². The lowest BCUT2D eigenvalue weighted by Gasteiger charge is -2.31. The summed E-state index contributed by atoms with van der Waals surface area (Å²) in [5.41, 5.74) is 10.4. The molecule has 0 saturated carbocycles. The third-order valence-corrected chi connectivity index (χ3v) is 10.1. The Hall–Kier alpha value is -5.27. The van der Waals surface area contributed by atoms with Crippen LogP contribution in [0.5, 0.6) is 0 Å². The zero-order valence-corrected chi connectivity index (χ0v) is 28.5. The number of carbonyl (C=O) groups excluding carboxylic acids is 1. The first kappa shape index (κ1) is 31.0. The molecule has 0 spiro atoms. The number of nitrogens with one attached hydrogen (secondary N) is 2. The third kappa shape index (κ3) is 6.00. The zero-order chi connectivity index (χ0) is 33.5. The van der Waals surface area contributed by atoms with E-state index in [9.17, 15) is 4.79 Å². The minimum atomic E-state index is -0.0814. The van der Waals surface area contributed by atoms with Crippen molar-refractivity contribution in [1.82, 2.24) is 25.2 Å². The van der Waals surface area contributed by atoms with Crippen molar-refractivity contribution in [2.45, 2.75) is 38.6 Å². The Morgan fingerprint density at radius 1 is 0.918 bits per heavy atom. The molecule has 0 saturated heterocycles. The summed E-state index contributed by atoms with van der Waals surface area (Å²) in [6.45, 7) is 4.93.